The molecule has 2 N–H and O–H groups in total. The van der Waals surface area contributed by atoms with Crippen LogP contribution in [0, 0.1) is 0 Å². The van der Waals surface area contributed by atoms with Crippen molar-refractivity contribution in [1.82, 2.24) is 20.3 Å². The summed E-state index contributed by atoms with van der Waals surface area (Å²) in [5.41, 5.74) is 2.22. The van der Waals surface area contributed by atoms with Crippen LogP contribution in [0.4, 0.5) is 0 Å². The highest BCUT2D eigenvalue weighted by Gasteiger charge is 2.05. The molecule has 96 valence electrons. The number of fused-ring (bicyclic) bond motifs is 1. The predicted molar refractivity (Wildman–Crippen MR) is 78.6 cm³/mol. The second-order valence-corrected chi connectivity index (χ2v) is 5.10. The van der Waals surface area contributed by atoms with E-state index >= 15 is 0 Å². The number of rotatable bonds is 4. The van der Waals surface area contributed by atoms with Crippen molar-refractivity contribution >= 4 is 26.8 Å². The Bertz CT molecular complexity index is 679. The maximum atomic E-state index is 4.46. The second-order valence-electron chi connectivity index (χ2n) is 4.25. The van der Waals surface area contributed by atoms with Gasteiger partial charge >= 0.3 is 0 Å². The Morgan fingerprint density at radius 1 is 1.11 bits per heavy atom. The van der Waals surface area contributed by atoms with Crippen LogP contribution in [0.2, 0.25) is 0 Å². The number of hydrogen-bond donors (Lipinski definition) is 2. The molecule has 0 amide bonds. The molecule has 0 aliphatic carbocycles. The molecule has 19 heavy (non-hydrogen) atoms. The van der Waals surface area contributed by atoms with E-state index < -0.39 is 0 Å². The van der Waals surface area contributed by atoms with Crippen LogP contribution < -0.4 is 5.32 Å². The number of pyridine rings is 1. The van der Waals surface area contributed by atoms with Crippen molar-refractivity contribution in [2.24, 2.45) is 0 Å². The summed E-state index contributed by atoms with van der Waals surface area (Å²) in [6.07, 6.45) is 5.41. The lowest BCUT2D eigenvalue weighted by Gasteiger charge is -2.08. The Hall–Kier alpha value is -1.72. The first-order valence-electron chi connectivity index (χ1n) is 6.05. The molecule has 0 bridgehead atoms. The van der Waals surface area contributed by atoms with Crippen molar-refractivity contribution in [3.8, 4) is 0 Å². The lowest BCUT2D eigenvalue weighted by Crippen LogP contribution is -2.14. The number of aromatic nitrogens is 3. The number of aromatic amines is 1. The molecule has 0 atom stereocenters. The molecule has 0 radical (unpaired) electrons. The fraction of sp³-hybridized carbons (Fsp3) is 0.143. The normalized spacial score (nSPS) is 11.0. The Morgan fingerprint density at radius 3 is 2.89 bits per heavy atom. The van der Waals surface area contributed by atoms with Gasteiger partial charge in [-0.3, -0.25) is 4.98 Å². The molecule has 0 aliphatic rings. The largest absolute Gasteiger partial charge is 0.348 e. The van der Waals surface area contributed by atoms with Crippen LogP contribution in [0.25, 0.3) is 10.9 Å². The van der Waals surface area contributed by atoms with Crippen molar-refractivity contribution in [2.45, 2.75) is 13.1 Å². The highest BCUT2D eigenvalue weighted by Crippen LogP contribution is 2.25. The van der Waals surface area contributed by atoms with E-state index in [1.807, 2.05) is 18.5 Å². The van der Waals surface area contributed by atoms with E-state index in [1.165, 1.54) is 5.56 Å². The summed E-state index contributed by atoms with van der Waals surface area (Å²) in [7, 11) is 0. The van der Waals surface area contributed by atoms with Crippen molar-refractivity contribution in [2.75, 3.05) is 0 Å². The van der Waals surface area contributed by atoms with Gasteiger partial charge in [0, 0.05) is 35.0 Å². The number of H-pyrrole nitrogens is 1. The molecule has 1 aromatic carbocycles. The molecule has 0 unspecified atom stereocenters. The third kappa shape index (κ3) is 2.67. The number of benzene rings is 1. The van der Waals surface area contributed by atoms with Crippen molar-refractivity contribution in [3.63, 3.8) is 0 Å². The van der Waals surface area contributed by atoms with E-state index in [4.69, 9.17) is 0 Å². The summed E-state index contributed by atoms with van der Waals surface area (Å²) < 4.78 is 1.07. The number of halogens is 1. The van der Waals surface area contributed by atoms with E-state index in [0.717, 1.165) is 34.3 Å². The third-order valence-electron chi connectivity index (χ3n) is 2.96. The minimum Gasteiger partial charge on any atom is -0.348 e. The summed E-state index contributed by atoms with van der Waals surface area (Å²) in [4.78, 5) is 11.7. The smallest absolute Gasteiger partial charge is 0.120 e. The summed E-state index contributed by atoms with van der Waals surface area (Å²) in [6, 6.07) is 8.18. The molecular weight excluding hydrogens is 304 g/mol. The molecule has 3 rings (SSSR count). The van der Waals surface area contributed by atoms with E-state index in [2.05, 4.69) is 54.4 Å². The van der Waals surface area contributed by atoms with Gasteiger partial charge in [-0.2, -0.15) is 0 Å². The van der Waals surface area contributed by atoms with Crippen molar-refractivity contribution < 1.29 is 0 Å². The van der Waals surface area contributed by atoms with E-state index in [0.29, 0.717) is 0 Å². The fourth-order valence-corrected chi connectivity index (χ4v) is 2.50. The fourth-order valence-electron chi connectivity index (χ4n) is 2.05. The van der Waals surface area contributed by atoms with E-state index in [1.54, 1.807) is 6.20 Å². The molecule has 3 aromatic rings. The summed E-state index contributed by atoms with van der Waals surface area (Å²) >= 11 is 3.56. The Balaban J connectivity index is 1.79. The van der Waals surface area contributed by atoms with Gasteiger partial charge in [-0.15, -0.1) is 0 Å². The van der Waals surface area contributed by atoms with E-state index in [9.17, 15) is 0 Å². The topological polar surface area (TPSA) is 53.6 Å². The van der Waals surface area contributed by atoms with Crippen LogP contribution in [0.15, 0.2) is 47.3 Å². The van der Waals surface area contributed by atoms with E-state index in [-0.39, 0.29) is 0 Å². The number of nitrogens with zero attached hydrogens (tertiary/aromatic N) is 2. The average molecular weight is 317 g/mol. The van der Waals surface area contributed by atoms with Gasteiger partial charge in [0.15, 0.2) is 0 Å². The van der Waals surface area contributed by atoms with Crippen LogP contribution in [0.5, 0.6) is 0 Å². The standard InChI is InChI=1S/C14H13BrN4/c15-12-4-3-10(14-11(12)2-1-5-19-14)8-16-9-13-17-6-7-18-13/h1-7,16H,8-9H2,(H,17,18). The Kier molecular flexibility index (Phi) is 3.57. The molecule has 0 saturated carbocycles. The summed E-state index contributed by atoms with van der Waals surface area (Å²) in [5, 5.41) is 4.51. The predicted octanol–water partition coefficient (Wildman–Crippen LogP) is 3.01. The second kappa shape index (κ2) is 5.50. The summed E-state index contributed by atoms with van der Waals surface area (Å²) in [6.45, 7) is 1.49. The molecule has 2 aromatic heterocycles. The molecule has 0 fully saturated rings. The minimum absolute atomic E-state index is 0.720. The van der Waals surface area contributed by atoms with Gasteiger partial charge in [0.2, 0.25) is 0 Å². The maximum absolute atomic E-state index is 4.46. The molecule has 2 heterocycles. The maximum Gasteiger partial charge on any atom is 0.120 e. The lowest BCUT2D eigenvalue weighted by atomic mass is 10.1. The third-order valence-corrected chi connectivity index (χ3v) is 3.65. The first-order valence-corrected chi connectivity index (χ1v) is 6.85. The summed E-state index contributed by atoms with van der Waals surface area (Å²) in [5.74, 6) is 0.939. The van der Waals surface area contributed by atoms with Gasteiger partial charge in [-0.05, 0) is 17.7 Å². The van der Waals surface area contributed by atoms with Gasteiger partial charge in [-0.25, -0.2) is 4.98 Å². The Labute approximate surface area is 119 Å². The van der Waals surface area contributed by atoms with Crippen LogP contribution in [0.1, 0.15) is 11.4 Å². The SMILES string of the molecule is Brc1ccc(CNCc2ncc[nH]2)c2ncccc12. The monoisotopic (exact) mass is 316 g/mol. The molecule has 0 saturated heterocycles. The Morgan fingerprint density at radius 2 is 2.05 bits per heavy atom. The van der Waals surface area contributed by atoms with Gasteiger partial charge in [0.25, 0.3) is 0 Å². The van der Waals surface area contributed by atoms with Crippen LogP contribution in [-0.4, -0.2) is 15.0 Å². The highest BCUT2D eigenvalue weighted by molar-refractivity contribution is 9.10. The molecule has 4 nitrogen and oxygen atoms in total. The number of imidazole rings is 1. The molecule has 0 aliphatic heterocycles. The minimum atomic E-state index is 0.720. The van der Waals surface area contributed by atoms with Gasteiger partial charge in [0.1, 0.15) is 5.82 Å². The van der Waals surface area contributed by atoms with Crippen LogP contribution >= 0.6 is 15.9 Å². The number of nitrogens with one attached hydrogen (secondary N) is 2. The zero-order chi connectivity index (χ0) is 13.1. The quantitative estimate of drug-likeness (QED) is 0.778. The van der Waals surface area contributed by atoms with Gasteiger partial charge in [-0.1, -0.05) is 28.1 Å². The first-order chi connectivity index (χ1) is 9.34. The number of hydrogen-bond acceptors (Lipinski definition) is 3. The molecule has 5 heteroatoms. The average Bonchev–Trinajstić information content (AvgIpc) is 2.95. The highest BCUT2D eigenvalue weighted by atomic mass is 79.9. The lowest BCUT2D eigenvalue weighted by molar-refractivity contribution is 0.671. The van der Waals surface area contributed by atoms with Crippen LogP contribution in [-0.2, 0) is 13.1 Å². The zero-order valence-corrected chi connectivity index (χ0v) is 11.8. The van der Waals surface area contributed by atoms with Gasteiger partial charge in [0.05, 0.1) is 12.1 Å². The molecule has 0 spiro atoms. The zero-order valence-electron chi connectivity index (χ0n) is 10.2. The molecular formula is C14H13BrN4. The van der Waals surface area contributed by atoms with Crippen LogP contribution in [0.3, 0.4) is 0 Å². The van der Waals surface area contributed by atoms with Crippen molar-refractivity contribution in [1.29, 1.82) is 0 Å². The van der Waals surface area contributed by atoms with Gasteiger partial charge < -0.3 is 10.3 Å². The van der Waals surface area contributed by atoms with Crippen molar-refractivity contribution in [3.05, 3.63) is 58.7 Å². The first kappa shape index (κ1) is 12.3.